The number of halogens is 4. The number of alkyl halides is 3. The minimum Gasteiger partial charge on any atom is -0.406 e. The largest absolute Gasteiger partial charge is 0.573 e. The van der Waals surface area contributed by atoms with Crippen molar-refractivity contribution >= 4 is 33.4 Å². The molecule has 0 unspecified atom stereocenters. The predicted molar refractivity (Wildman–Crippen MR) is 128 cm³/mol. The average molecular weight is 524 g/mol. The summed E-state index contributed by atoms with van der Waals surface area (Å²) in [5.41, 5.74) is 2.79. The lowest BCUT2D eigenvalue weighted by Crippen LogP contribution is -2.17. The smallest absolute Gasteiger partial charge is 0.406 e. The van der Waals surface area contributed by atoms with Crippen molar-refractivity contribution in [2.24, 2.45) is 0 Å². The molecule has 0 atom stereocenters. The zero-order chi connectivity index (χ0) is 24.0. The number of ether oxygens (including phenoxy) is 1. The molecule has 0 saturated heterocycles. The van der Waals surface area contributed by atoms with E-state index >= 15 is 0 Å². The Morgan fingerprint density at radius 3 is 2.55 bits per heavy atom. The van der Waals surface area contributed by atoms with Crippen LogP contribution in [-0.4, -0.2) is 48.4 Å². The molecule has 0 fully saturated rings. The van der Waals surface area contributed by atoms with Crippen molar-refractivity contribution < 1.29 is 17.9 Å². The number of hydrogen-bond acceptors (Lipinski definition) is 6. The second-order valence-electron chi connectivity index (χ2n) is 7.66. The van der Waals surface area contributed by atoms with Gasteiger partial charge in [-0.1, -0.05) is 34.1 Å². The van der Waals surface area contributed by atoms with Crippen molar-refractivity contribution in [3.8, 4) is 17.0 Å². The van der Waals surface area contributed by atoms with Crippen LogP contribution in [0.2, 0.25) is 0 Å². The highest BCUT2D eigenvalue weighted by Gasteiger charge is 2.31. The topological polar surface area (TPSA) is 62.3 Å². The molecule has 33 heavy (non-hydrogen) atoms. The molecule has 0 spiro atoms. The Labute approximate surface area is 199 Å². The Kier molecular flexibility index (Phi) is 8.15. The third-order valence-corrected chi connectivity index (χ3v) is 5.54. The van der Waals surface area contributed by atoms with Crippen LogP contribution in [-0.2, 0) is 0 Å². The molecule has 3 rings (SSSR count). The maximum absolute atomic E-state index is 12.7. The van der Waals surface area contributed by atoms with Crippen molar-refractivity contribution in [1.29, 1.82) is 0 Å². The number of aromatic nitrogens is 2. The van der Waals surface area contributed by atoms with E-state index in [2.05, 4.69) is 46.2 Å². The summed E-state index contributed by atoms with van der Waals surface area (Å²) in [5, 5.41) is 6.49. The van der Waals surface area contributed by atoms with Gasteiger partial charge in [-0.05, 0) is 63.8 Å². The van der Waals surface area contributed by atoms with E-state index in [-0.39, 0.29) is 5.75 Å². The lowest BCUT2D eigenvalue weighted by Gasteiger charge is -2.15. The van der Waals surface area contributed by atoms with Crippen molar-refractivity contribution in [3.05, 3.63) is 58.6 Å². The molecule has 2 aromatic carbocycles. The number of benzene rings is 2. The Morgan fingerprint density at radius 2 is 1.82 bits per heavy atom. The van der Waals surface area contributed by atoms with Crippen LogP contribution in [0.4, 0.5) is 30.6 Å². The average Bonchev–Trinajstić information content (AvgIpc) is 2.73. The highest BCUT2D eigenvalue weighted by Crippen LogP contribution is 2.30. The standard InChI is InChI=1S/C23H25BrF3N5O/c1-15-18(24)9-5-10-19(15)29-21-14-20(30-22(31-21)28-11-6-12-32(2)3)16-7-4-8-17(13-16)33-23(25,26)27/h4-5,7-10,13-14H,6,11-12H2,1-3H3,(H2,28,29,30,31). The summed E-state index contributed by atoms with van der Waals surface area (Å²) in [4.78, 5) is 11.1. The van der Waals surface area contributed by atoms with Gasteiger partial charge >= 0.3 is 6.36 Å². The normalized spacial score (nSPS) is 11.5. The van der Waals surface area contributed by atoms with Gasteiger partial charge in [0.2, 0.25) is 5.95 Å². The van der Waals surface area contributed by atoms with E-state index in [9.17, 15) is 13.2 Å². The lowest BCUT2D eigenvalue weighted by atomic mass is 10.1. The molecule has 1 heterocycles. The van der Waals surface area contributed by atoms with E-state index < -0.39 is 6.36 Å². The summed E-state index contributed by atoms with van der Waals surface area (Å²) in [6.45, 7) is 3.51. The van der Waals surface area contributed by atoms with Crippen LogP contribution in [0.3, 0.4) is 0 Å². The van der Waals surface area contributed by atoms with Crippen LogP contribution in [0.25, 0.3) is 11.3 Å². The molecule has 2 N–H and O–H groups in total. The van der Waals surface area contributed by atoms with Crippen molar-refractivity contribution in [3.63, 3.8) is 0 Å². The third kappa shape index (κ3) is 7.61. The summed E-state index contributed by atoms with van der Waals surface area (Å²) in [5.74, 6) is 0.582. The molecular weight excluding hydrogens is 499 g/mol. The van der Waals surface area contributed by atoms with E-state index in [0.717, 1.165) is 28.7 Å². The van der Waals surface area contributed by atoms with Crippen LogP contribution in [0.5, 0.6) is 5.75 Å². The molecular formula is C23H25BrF3N5O. The van der Waals surface area contributed by atoms with Gasteiger partial charge in [-0.3, -0.25) is 0 Å². The molecule has 0 aliphatic heterocycles. The summed E-state index contributed by atoms with van der Waals surface area (Å²) in [6, 6.07) is 13.2. The fourth-order valence-corrected chi connectivity index (χ4v) is 3.43. The molecule has 3 aromatic rings. The van der Waals surface area contributed by atoms with Gasteiger partial charge in [0.25, 0.3) is 0 Å². The van der Waals surface area contributed by atoms with E-state index in [0.29, 0.717) is 29.6 Å². The van der Waals surface area contributed by atoms with E-state index in [4.69, 9.17) is 0 Å². The van der Waals surface area contributed by atoms with Gasteiger partial charge < -0.3 is 20.3 Å². The maximum atomic E-state index is 12.7. The first kappa shape index (κ1) is 24.8. The number of rotatable bonds is 9. The van der Waals surface area contributed by atoms with Gasteiger partial charge in [0.15, 0.2) is 0 Å². The SMILES string of the molecule is Cc1c(Br)cccc1Nc1cc(-c2cccc(OC(F)(F)F)c2)nc(NCCCN(C)C)n1. The minimum absolute atomic E-state index is 0.309. The molecule has 6 nitrogen and oxygen atoms in total. The molecule has 10 heteroatoms. The van der Waals surface area contributed by atoms with Gasteiger partial charge in [0.1, 0.15) is 11.6 Å². The van der Waals surface area contributed by atoms with Crippen LogP contribution in [0, 0.1) is 6.92 Å². The fourth-order valence-electron chi connectivity index (χ4n) is 3.07. The van der Waals surface area contributed by atoms with Crippen molar-refractivity contribution in [2.45, 2.75) is 19.7 Å². The second kappa shape index (κ2) is 10.8. The van der Waals surface area contributed by atoms with Crippen molar-refractivity contribution in [2.75, 3.05) is 37.8 Å². The van der Waals surface area contributed by atoms with Gasteiger partial charge in [-0.25, -0.2) is 4.98 Å². The zero-order valence-corrected chi connectivity index (χ0v) is 20.1. The minimum atomic E-state index is -4.77. The van der Waals surface area contributed by atoms with E-state index in [1.54, 1.807) is 12.1 Å². The third-order valence-electron chi connectivity index (χ3n) is 4.69. The molecule has 0 amide bonds. The molecule has 0 aliphatic rings. The number of nitrogens with one attached hydrogen (secondary N) is 2. The number of anilines is 3. The maximum Gasteiger partial charge on any atom is 0.573 e. The molecule has 0 radical (unpaired) electrons. The summed E-state index contributed by atoms with van der Waals surface area (Å²) in [7, 11) is 3.99. The molecule has 1 aromatic heterocycles. The Bertz CT molecular complexity index is 1090. The van der Waals surface area contributed by atoms with Gasteiger partial charge in [-0.2, -0.15) is 4.98 Å². The van der Waals surface area contributed by atoms with Gasteiger partial charge in [0.05, 0.1) is 5.69 Å². The van der Waals surface area contributed by atoms with Gasteiger partial charge in [0, 0.05) is 28.3 Å². The number of nitrogens with zero attached hydrogens (tertiary/aromatic N) is 3. The Hall–Kier alpha value is -2.85. The molecule has 0 saturated carbocycles. The van der Waals surface area contributed by atoms with Gasteiger partial charge in [-0.15, -0.1) is 13.2 Å². The first-order chi connectivity index (χ1) is 15.6. The monoisotopic (exact) mass is 523 g/mol. The number of hydrogen-bond donors (Lipinski definition) is 2. The van der Waals surface area contributed by atoms with Crippen LogP contribution in [0.15, 0.2) is 53.0 Å². The first-order valence-electron chi connectivity index (χ1n) is 10.3. The van der Waals surface area contributed by atoms with Crippen LogP contribution in [0.1, 0.15) is 12.0 Å². The quantitative estimate of drug-likeness (QED) is 0.324. The summed E-state index contributed by atoms with van der Waals surface area (Å²) < 4.78 is 43.0. The van der Waals surface area contributed by atoms with E-state index in [1.807, 2.05) is 39.2 Å². The fraction of sp³-hybridized carbons (Fsp3) is 0.304. The van der Waals surface area contributed by atoms with Crippen LogP contribution >= 0.6 is 15.9 Å². The molecule has 176 valence electrons. The van der Waals surface area contributed by atoms with E-state index in [1.165, 1.54) is 18.2 Å². The molecule has 0 bridgehead atoms. The first-order valence-corrected chi connectivity index (χ1v) is 11.1. The van der Waals surface area contributed by atoms with Crippen molar-refractivity contribution in [1.82, 2.24) is 14.9 Å². The highest BCUT2D eigenvalue weighted by molar-refractivity contribution is 9.10. The zero-order valence-electron chi connectivity index (χ0n) is 18.5. The lowest BCUT2D eigenvalue weighted by molar-refractivity contribution is -0.274. The molecule has 0 aliphatic carbocycles. The summed E-state index contributed by atoms with van der Waals surface area (Å²) in [6.07, 6.45) is -3.89. The summed E-state index contributed by atoms with van der Waals surface area (Å²) >= 11 is 3.52. The Morgan fingerprint density at radius 1 is 1.06 bits per heavy atom. The van der Waals surface area contributed by atoms with Crippen LogP contribution < -0.4 is 15.4 Å². The second-order valence-corrected chi connectivity index (χ2v) is 8.51. The predicted octanol–water partition coefficient (Wildman–Crippen LogP) is 6.22. The highest BCUT2D eigenvalue weighted by atomic mass is 79.9. The Balaban J connectivity index is 1.93.